The number of imidazole rings is 1. The molecule has 0 aromatic carbocycles. The number of thioether (sulfide) groups is 1. The Hall–Kier alpha value is -0.770. The highest BCUT2D eigenvalue weighted by Gasteiger charge is 2.21. The van der Waals surface area contributed by atoms with E-state index in [-0.39, 0.29) is 0 Å². The predicted octanol–water partition coefficient (Wildman–Crippen LogP) is 1.75. The monoisotopic (exact) mass is 196 g/mol. The SMILES string of the molecule is Cc1[nH]c(C2CCSC2)nc1C=O. The van der Waals surface area contributed by atoms with Crippen LogP contribution >= 0.6 is 11.8 Å². The van der Waals surface area contributed by atoms with Crippen LogP contribution in [0.4, 0.5) is 0 Å². The Morgan fingerprint density at radius 2 is 2.54 bits per heavy atom. The molecule has 1 N–H and O–H groups in total. The normalized spacial score (nSPS) is 22.1. The molecular weight excluding hydrogens is 184 g/mol. The van der Waals surface area contributed by atoms with E-state index in [1.165, 1.54) is 12.2 Å². The molecule has 1 aromatic heterocycles. The second kappa shape index (κ2) is 3.54. The summed E-state index contributed by atoms with van der Waals surface area (Å²) in [6.45, 7) is 1.89. The first kappa shape index (κ1) is 8.81. The smallest absolute Gasteiger partial charge is 0.170 e. The Labute approximate surface area is 81.3 Å². The summed E-state index contributed by atoms with van der Waals surface area (Å²) in [5.74, 6) is 3.86. The number of nitrogens with zero attached hydrogens (tertiary/aromatic N) is 1. The van der Waals surface area contributed by atoms with E-state index in [2.05, 4.69) is 9.97 Å². The summed E-state index contributed by atoms with van der Waals surface area (Å²) in [6.07, 6.45) is 1.99. The summed E-state index contributed by atoms with van der Waals surface area (Å²) < 4.78 is 0. The molecule has 70 valence electrons. The van der Waals surface area contributed by atoms with Crippen molar-refractivity contribution in [2.75, 3.05) is 11.5 Å². The first-order valence-electron chi connectivity index (χ1n) is 4.40. The van der Waals surface area contributed by atoms with Crippen LogP contribution in [0.25, 0.3) is 0 Å². The second-order valence-corrected chi connectivity index (χ2v) is 4.46. The molecule has 4 heteroatoms. The third-order valence-electron chi connectivity index (χ3n) is 2.37. The first-order chi connectivity index (χ1) is 6.31. The summed E-state index contributed by atoms with van der Waals surface area (Å²) in [6, 6.07) is 0. The quantitative estimate of drug-likeness (QED) is 0.733. The van der Waals surface area contributed by atoms with Gasteiger partial charge in [0.25, 0.3) is 0 Å². The van der Waals surface area contributed by atoms with Crippen molar-refractivity contribution in [2.24, 2.45) is 0 Å². The van der Waals surface area contributed by atoms with Gasteiger partial charge in [0.05, 0.1) is 0 Å². The maximum absolute atomic E-state index is 10.6. The van der Waals surface area contributed by atoms with Crippen molar-refractivity contribution in [3.8, 4) is 0 Å². The van der Waals surface area contributed by atoms with Crippen molar-refractivity contribution in [3.63, 3.8) is 0 Å². The van der Waals surface area contributed by atoms with Crippen LogP contribution in [0, 0.1) is 6.92 Å². The van der Waals surface area contributed by atoms with Crippen LogP contribution in [0.1, 0.15) is 34.3 Å². The van der Waals surface area contributed by atoms with Gasteiger partial charge in [0.15, 0.2) is 6.29 Å². The molecule has 1 atom stereocenters. The molecule has 1 unspecified atom stereocenters. The van der Waals surface area contributed by atoms with Crippen molar-refractivity contribution in [2.45, 2.75) is 19.3 Å². The van der Waals surface area contributed by atoms with Gasteiger partial charge in [-0.25, -0.2) is 4.98 Å². The van der Waals surface area contributed by atoms with E-state index in [9.17, 15) is 4.79 Å². The molecule has 1 aliphatic heterocycles. The molecule has 1 fully saturated rings. The van der Waals surface area contributed by atoms with Crippen molar-refractivity contribution >= 4 is 18.0 Å². The van der Waals surface area contributed by atoms with Gasteiger partial charge in [0.2, 0.25) is 0 Å². The number of hydrogen-bond donors (Lipinski definition) is 1. The minimum absolute atomic E-state index is 0.525. The van der Waals surface area contributed by atoms with Crippen LogP contribution in [-0.2, 0) is 0 Å². The molecule has 0 spiro atoms. The van der Waals surface area contributed by atoms with E-state index in [0.29, 0.717) is 11.6 Å². The molecule has 0 amide bonds. The van der Waals surface area contributed by atoms with Gasteiger partial charge in [-0.15, -0.1) is 0 Å². The topological polar surface area (TPSA) is 45.8 Å². The molecule has 13 heavy (non-hydrogen) atoms. The largest absolute Gasteiger partial charge is 0.345 e. The van der Waals surface area contributed by atoms with Crippen LogP contribution in [0.15, 0.2) is 0 Å². The molecule has 0 bridgehead atoms. The Morgan fingerprint density at radius 3 is 3.08 bits per heavy atom. The van der Waals surface area contributed by atoms with E-state index in [1.54, 1.807) is 0 Å². The van der Waals surface area contributed by atoms with Crippen LogP contribution in [-0.4, -0.2) is 27.8 Å². The van der Waals surface area contributed by atoms with Gasteiger partial charge in [-0.1, -0.05) is 0 Å². The summed E-state index contributed by atoms with van der Waals surface area (Å²) in [4.78, 5) is 18.0. The fraction of sp³-hybridized carbons (Fsp3) is 0.556. The van der Waals surface area contributed by atoms with Crippen LogP contribution < -0.4 is 0 Å². The van der Waals surface area contributed by atoms with Crippen molar-refractivity contribution in [1.29, 1.82) is 0 Å². The minimum atomic E-state index is 0.525. The average molecular weight is 196 g/mol. The fourth-order valence-corrected chi connectivity index (χ4v) is 2.78. The average Bonchev–Trinajstić information content (AvgIpc) is 2.71. The number of carbonyl (C=O) groups is 1. The minimum Gasteiger partial charge on any atom is -0.345 e. The van der Waals surface area contributed by atoms with Crippen LogP contribution in [0.2, 0.25) is 0 Å². The lowest BCUT2D eigenvalue weighted by atomic mass is 10.1. The Kier molecular flexibility index (Phi) is 2.40. The Balaban J connectivity index is 2.24. The number of nitrogens with one attached hydrogen (secondary N) is 1. The van der Waals surface area contributed by atoms with E-state index in [1.807, 2.05) is 18.7 Å². The van der Waals surface area contributed by atoms with Crippen LogP contribution in [0.5, 0.6) is 0 Å². The van der Waals surface area contributed by atoms with Gasteiger partial charge in [0.1, 0.15) is 11.5 Å². The molecule has 0 radical (unpaired) electrons. The van der Waals surface area contributed by atoms with Crippen molar-refractivity contribution < 1.29 is 4.79 Å². The molecule has 0 aliphatic carbocycles. The third-order valence-corrected chi connectivity index (χ3v) is 3.53. The van der Waals surface area contributed by atoms with E-state index in [4.69, 9.17) is 0 Å². The highest BCUT2D eigenvalue weighted by Crippen LogP contribution is 2.30. The Morgan fingerprint density at radius 1 is 1.69 bits per heavy atom. The van der Waals surface area contributed by atoms with Gasteiger partial charge in [-0.3, -0.25) is 4.79 Å². The summed E-state index contributed by atoms with van der Waals surface area (Å²) >= 11 is 1.95. The maximum Gasteiger partial charge on any atom is 0.170 e. The molecule has 1 aromatic rings. The van der Waals surface area contributed by atoms with Gasteiger partial charge >= 0.3 is 0 Å². The second-order valence-electron chi connectivity index (χ2n) is 3.31. The molecule has 1 saturated heterocycles. The predicted molar refractivity (Wildman–Crippen MR) is 53.4 cm³/mol. The number of hydrogen-bond acceptors (Lipinski definition) is 3. The van der Waals surface area contributed by atoms with E-state index in [0.717, 1.165) is 23.6 Å². The number of aromatic amines is 1. The van der Waals surface area contributed by atoms with Gasteiger partial charge in [-0.05, 0) is 19.1 Å². The maximum atomic E-state index is 10.6. The molecule has 0 saturated carbocycles. The lowest BCUT2D eigenvalue weighted by Crippen LogP contribution is -1.98. The fourth-order valence-electron chi connectivity index (χ4n) is 1.56. The van der Waals surface area contributed by atoms with E-state index >= 15 is 0 Å². The van der Waals surface area contributed by atoms with Gasteiger partial charge < -0.3 is 4.98 Å². The number of H-pyrrole nitrogens is 1. The lowest BCUT2D eigenvalue weighted by Gasteiger charge is -2.01. The van der Waals surface area contributed by atoms with Crippen molar-refractivity contribution in [3.05, 3.63) is 17.2 Å². The standard InChI is InChI=1S/C9H12N2OS/c1-6-8(4-12)11-9(10-6)7-2-3-13-5-7/h4,7H,2-3,5H2,1H3,(H,10,11). The molecule has 2 rings (SSSR count). The zero-order valence-corrected chi connectivity index (χ0v) is 8.36. The summed E-state index contributed by atoms with van der Waals surface area (Å²) in [5, 5.41) is 0. The highest BCUT2D eigenvalue weighted by molar-refractivity contribution is 7.99. The van der Waals surface area contributed by atoms with Gasteiger partial charge in [-0.2, -0.15) is 11.8 Å². The number of aromatic nitrogens is 2. The molecule has 3 nitrogen and oxygen atoms in total. The highest BCUT2D eigenvalue weighted by atomic mass is 32.2. The summed E-state index contributed by atoms with van der Waals surface area (Å²) in [5.41, 5.74) is 1.45. The van der Waals surface area contributed by atoms with E-state index < -0.39 is 0 Å². The molecular formula is C9H12N2OS. The first-order valence-corrected chi connectivity index (χ1v) is 5.56. The Bertz CT molecular complexity index is 315. The molecule has 2 heterocycles. The number of carbonyl (C=O) groups excluding carboxylic acids is 1. The third kappa shape index (κ3) is 1.63. The number of aldehydes is 1. The zero-order chi connectivity index (χ0) is 9.26. The zero-order valence-electron chi connectivity index (χ0n) is 7.54. The molecule has 1 aliphatic rings. The number of rotatable bonds is 2. The summed E-state index contributed by atoms with van der Waals surface area (Å²) in [7, 11) is 0. The van der Waals surface area contributed by atoms with Crippen molar-refractivity contribution in [1.82, 2.24) is 9.97 Å². The van der Waals surface area contributed by atoms with Gasteiger partial charge in [0, 0.05) is 17.4 Å². The lowest BCUT2D eigenvalue weighted by molar-refractivity contribution is 0.111. The number of aryl methyl sites for hydroxylation is 1. The van der Waals surface area contributed by atoms with Crippen LogP contribution in [0.3, 0.4) is 0 Å².